The fourth-order valence-electron chi connectivity index (χ4n) is 1.94. The molecule has 3 N–H and O–H groups in total. The van der Waals surface area contributed by atoms with Gasteiger partial charge >= 0.3 is 12.0 Å². The van der Waals surface area contributed by atoms with E-state index >= 15 is 0 Å². The Morgan fingerprint density at radius 3 is 2.26 bits per heavy atom. The number of carboxylic acids is 1. The third-order valence-electron chi connectivity index (χ3n) is 3.07. The van der Waals surface area contributed by atoms with E-state index in [1.807, 2.05) is 13.8 Å². The first-order valence-corrected chi connectivity index (χ1v) is 7.52. The number of carboxylic acid groups (broad SMARTS) is 1. The molecule has 0 unspecified atom stereocenters. The molecule has 126 valence electrons. The van der Waals surface area contributed by atoms with E-state index in [1.165, 1.54) is 4.90 Å². The Balaban J connectivity index is 2.69. The van der Waals surface area contributed by atoms with Crippen molar-refractivity contribution in [2.75, 3.05) is 18.4 Å². The highest BCUT2D eigenvalue weighted by Crippen LogP contribution is 2.12. The van der Waals surface area contributed by atoms with E-state index < -0.39 is 5.97 Å². The summed E-state index contributed by atoms with van der Waals surface area (Å²) >= 11 is 0. The molecule has 7 heteroatoms. The first kappa shape index (κ1) is 18.5. The second-order valence-corrected chi connectivity index (χ2v) is 5.36. The van der Waals surface area contributed by atoms with E-state index in [0.717, 1.165) is 0 Å². The van der Waals surface area contributed by atoms with Gasteiger partial charge in [0.15, 0.2) is 0 Å². The van der Waals surface area contributed by atoms with E-state index in [-0.39, 0.29) is 30.9 Å². The Hall–Kier alpha value is -2.57. The van der Waals surface area contributed by atoms with Crippen molar-refractivity contribution in [3.8, 4) is 0 Å². The molecule has 23 heavy (non-hydrogen) atoms. The second-order valence-electron chi connectivity index (χ2n) is 5.36. The maximum absolute atomic E-state index is 12.3. The second kappa shape index (κ2) is 8.77. The molecule has 0 saturated carbocycles. The van der Waals surface area contributed by atoms with Gasteiger partial charge in [-0.15, -0.1) is 0 Å². The number of nitrogens with zero attached hydrogens (tertiary/aromatic N) is 1. The van der Waals surface area contributed by atoms with Crippen LogP contribution in [0.3, 0.4) is 0 Å². The summed E-state index contributed by atoms with van der Waals surface area (Å²) < 4.78 is 0. The molecule has 0 saturated heterocycles. The van der Waals surface area contributed by atoms with Crippen LogP contribution in [0.15, 0.2) is 24.3 Å². The molecule has 0 aliphatic carbocycles. The van der Waals surface area contributed by atoms with Gasteiger partial charge < -0.3 is 20.6 Å². The van der Waals surface area contributed by atoms with Crippen LogP contribution in [0.4, 0.5) is 10.5 Å². The lowest BCUT2D eigenvalue weighted by atomic mass is 10.1. The summed E-state index contributed by atoms with van der Waals surface area (Å²) in [4.78, 5) is 36.0. The minimum atomic E-state index is -0.938. The zero-order chi connectivity index (χ0) is 17.4. The number of urea groups is 1. The van der Waals surface area contributed by atoms with Crippen LogP contribution in [0.2, 0.25) is 0 Å². The molecule has 7 nitrogen and oxygen atoms in total. The fraction of sp³-hybridized carbons (Fsp3) is 0.438. The average Bonchev–Trinajstić information content (AvgIpc) is 2.47. The maximum atomic E-state index is 12.3. The molecule has 0 fully saturated rings. The molecule has 3 amide bonds. The van der Waals surface area contributed by atoms with Crippen molar-refractivity contribution in [1.82, 2.24) is 10.2 Å². The quantitative estimate of drug-likeness (QED) is 0.716. The lowest BCUT2D eigenvalue weighted by Crippen LogP contribution is -2.34. The number of hydrogen-bond donors (Lipinski definition) is 3. The van der Waals surface area contributed by atoms with Crippen LogP contribution in [0.1, 0.15) is 37.6 Å². The Labute approximate surface area is 135 Å². The molecule has 0 bridgehead atoms. The van der Waals surface area contributed by atoms with Crippen molar-refractivity contribution < 1.29 is 19.5 Å². The number of aliphatic carboxylic acids is 1. The highest BCUT2D eigenvalue weighted by molar-refractivity contribution is 5.95. The summed E-state index contributed by atoms with van der Waals surface area (Å²) in [5.41, 5.74) is 1.03. The van der Waals surface area contributed by atoms with E-state index in [0.29, 0.717) is 17.8 Å². The third kappa shape index (κ3) is 6.37. The van der Waals surface area contributed by atoms with Gasteiger partial charge in [-0.3, -0.25) is 9.59 Å². The molecule has 1 aromatic carbocycles. The summed E-state index contributed by atoms with van der Waals surface area (Å²) in [5.74, 6) is -1.17. The lowest BCUT2D eigenvalue weighted by molar-refractivity contribution is -0.137. The van der Waals surface area contributed by atoms with E-state index in [1.54, 1.807) is 31.2 Å². The number of benzene rings is 1. The zero-order valence-electron chi connectivity index (χ0n) is 13.6. The topological polar surface area (TPSA) is 98.7 Å². The highest BCUT2D eigenvalue weighted by Gasteiger charge is 2.15. The van der Waals surface area contributed by atoms with Crippen LogP contribution in [0.25, 0.3) is 0 Å². The molecular formula is C16H23N3O4. The Bertz CT molecular complexity index is 555. The largest absolute Gasteiger partial charge is 0.481 e. The number of carbonyl (C=O) groups excluding carboxylic acids is 2. The Morgan fingerprint density at radius 2 is 1.78 bits per heavy atom. The van der Waals surface area contributed by atoms with E-state index in [4.69, 9.17) is 5.11 Å². The minimum Gasteiger partial charge on any atom is -0.481 e. The van der Waals surface area contributed by atoms with Gasteiger partial charge in [0.2, 0.25) is 0 Å². The zero-order valence-corrected chi connectivity index (χ0v) is 13.6. The number of carbonyl (C=O) groups is 3. The predicted octanol–water partition coefficient (Wildman–Crippen LogP) is 2.15. The van der Waals surface area contributed by atoms with Crippen LogP contribution >= 0.6 is 0 Å². The Kier molecular flexibility index (Phi) is 7.05. The molecular weight excluding hydrogens is 298 g/mol. The van der Waals surface area contributed by atoms with Crippen LogP contribution in [0, 0.1) is 0 Å². The molecule has 1 rings (SSSR count). The van der Waals surface area contributed by atoms with Crippen LogP contribution < -0.4 is 10.6 Å². The van der Waals surface area contributed by atoms with Crippen molar-refractivity contribution >= 4 is 23.6 Å². The smallest absolute Gasteiger partial charge is 0.319 e. The van der Waals surface area contributed by atoms with Crippen LogP contribution in [0.5, 0.6) is 0 Å². The van der Waals surface area contributed by atoms with Crippen LogP contribution in [-0.2, 0) is 4.79 Å². The van der Waals surface area contributed by atoms with Crippen molar-refractivity contribution in [2.45, 2.75) is 33.2 Å². The van der Waals surface area contributed by atoms with Gasteiger partial charge in [-0.2, -0.15) is 0 Å². The maximum Gasteiger partial charge on any atom is 0.319 e. The fourth-order valence-corrected chi connectivity index (χ4v) is 1.94. The average molecular weight is 321 g/mol. The monoisotopic (exact) mass is 321 g/mol. The van der Waals surface area contributed by atoms with Gasteiger partial charge in [0.05, 0.1) is 6.42 Å². The standard InChI is InChI=1S/C16H23N3O4/c1-4-19(10-9-14(20)21)15(22)12-5-7-13(8-6-12)18-16(23)17-11(2)3/h5-8,11H,4,9-10H2,1-3H3,(H,20,21)(H2,17,18,23). The van der Waals surface area contributed by atoms with Gasteiger partial charge in [-0.05, 0) is 45.0 Å². The number of nitrogens with one attached hydrogen (secondary N) is 2. The Morgan fingerprint density at radius 1 is 1.17 bits per heavy atom. The van der Waals surface area contributed by atoms with E-state index in [9.17, 15) is 14.4 Å². The molecule has 0 aliphatic heterocycles. The van der Waals surface area contributed by atoms with Crippen molar-refractivity contribution in [3.63, 3.8) is 0 Å². The molecule has 0 radical (unpaired) electrons. The number of rotatable bonds is 7. The van der Waals surface area contributed by atoms with Gasteiger partial charge in [-0.25, -0.2) is 4.79 Å². The molecule has 0 heterocycles. The predicted molar refractivity (Wildman–Crippen MR) is 87.6 cm³/mol. The van der Waals surface area contributed by atoms with Crippen LogP contribution in [-0.4, -0.2) is 47.0 Å². The molecule has 0 aromatic heterocycles. The molecule has 0 spiro atoms. The van der Waals surface area contributed by atoms with Gasteiger partial charge in [-0.1, -0.05) is 0 Å². The number of hydrogen-bond acceptors (Lipinski definition) is 3. The SMILES string of the molecule is CCN(CCC(=O)O)C(=O)c1ccc(NC(=O)NC(C)C)cc1. The normalized spacial score (nSPS) is 10.3. The third-order valence-corrected chi connectivity index (χ3v) is 3.07. The number of amides is 3. The van der Waals surface area contributed by atoms with Gasteiger partial charge in [0, 0.05) is 30.4 Å². The first-order valence-electron chi connectivity index (χ1n) is 7.52. The van der Waals surface area contributed by atoms with Gasteiger partial charge in [0.1, 0.15) is 0 Å². The van der Waals surface area contributed by atoms with Crippen molar-refractivity contribution in [1.29, 1.82) is 0 Å². The summed E-state index contributed by atoms with van der Waals surface area (Å²) in [6.45, 7) is 6.12. The highest BCUT2D eigenvalue weighted by atomic mass is 16.4. The summed E-state index contributed by atoms with van der Waals surface area (Å²) in [6, 6.07) is 6.21. The number of anilines is 1. The molecule has 1 aromatic rings. The first-order chi connectivity index (χ1) is 10.8. The van der Waals surface area contributed by atoms with Gasteiger partial charge in [0.25, 0.3) is 5.91 Å². The minimum absolute atomic E-state index is 0.0307. The molecule has 0 atom stereocenters. The summed E-state index contributed by atoms with van der Waals surface area (Å²) in [7, 11) is 0. The summed E-state index contributed by atoms with van der Waals surface area (Å²) in [5, 5.41) is 14.1. The lowest BCUT2D eigenvalue weighted by Gasteiger charge is -2.20. The van der Waals surface area contributed by atoms with Crippen molar-refractivity contribution in [3.05, 3.63) is 29.8 Å². The van der Waals surface area contributed by atoms with Crippen molar-refractivity contribution in [2.24, 2.45) is 0 Å². The summed E-state index contributed by atoms with van der Waals surface area (Å²) in [6.07, 6.45) is -0.0887. The van der Waals surface area contributed by atoms with E-state index in [2.05, 4.69) is 10.6 Å². The molecule has 0 aliphatic rings.